The highest BCUT2D eigenvalue weighted by atomic mass is 14.7. The second-order valence-corrected chi connectivity index (χ2v) is 3.71. The Morgan fingerprint density at radius 1 is 1.36 bits per heavy atom. The second-order valence-electron chi connectivity index (χ2n) is 3.71. The Labute approximate surface area is 67.8 Å². The number of rotatable bonds is 1. The first-order valence-corrected chi connectivity index (χ1v) is 4.48. The minimum absolute atomic E-state index is 0.664. The van der Waals surface area contributed by atoms with Crippen LogP contribution >= 0.6 is 0 Å². The summed E-state index contributed by atoms with van der Waals surface area (Å²) in [7, 11) is 0. The normalized spacial score (nSPS) is 15.9. The number of H-pyrrole nitrogens is 1. The molecule has 0 unspecified atom stereocenters. The zero-order valence-corrected chi connectivity index (χ0v) is 7.28. The minimum atomic E-state index is 0.664. The summed E-state index contributed by atoms with van der Waals surface area (Å²) in [5, 5.41) is 0. The van der Waals surface area contributed by atoms with E-state index in [1.54, 1.807) is 11.1 Å². The van der Waals surface area contributed by atoms with Gasteiger partial charge < -0.3 is 4.98 Å². The van der Waals surface area contributed by atoms with Crippen LogP contribution < -0.4 is 0 Å². The molecule has 1 aliphatic rings. The van der Waals surface area contributed by atoms with Gasteiger partial charge in [0.1, 0.15) is 0 Å². The molecular formula is C10H15N. The van der Waals surface area contributed by atoms with Crippen LogP contribution in [0.25, 0.3) is 0 Å². The van der Waals surface area contributed by atoms with Crippen LogP contribution in [0.2, 0.25) is 0 Å². The first kappa shape index (κ1) is 6.96. The fourth-order valence-electron chi connectivity index (χ4n) is 2.00. The summed E-state index contributed by atoms with van der Waals surface area (Å²) in [4.78, 5) is 3.38. The third kappa shape index (κ3) is 0.991. The van der Waals surface area contributed by atoms with Crippen LogP contribution in [0.5, 0.6) is 0 Å². The Bertz CT molecular complexity index is 258. The van der Waals surface area contributed by atoms with Gasteiger partial charge in [0, 0.05) is 11.9 Å². The number of hydrogen-bond acceptors (Lipinski definition) is 0. The van der Waals surface area contributed by atoms with E-state index in [-0.39, 0.29) is 0 Å². The molecule has 0 amide bonds. The van der Waals surface area contributed by atoms with Gasteiger partial charge >= 0.3 is 0 Å². The van der Waals surface area contributed by atoms with Gasteiger partial charge in [0.2, 0.25) is 0 Å². The van der Waals surface area contributed by atoms with Crippen molar-refractivity contribution in [2.45, 2.75) is 39.0 Å². The molecule has 1 N–H and O–H groups in total. The van der Waals surface area contributed by atoms with E-state index in [1.807, 2.05) is 0 Å². The maximum Gasteiger partial charge on any atom is 0.0208 e. The van der Waals surface area contributed by atoms with Crippen molar-refractivity contribution >= 4 is 0 Å². The molecule has 60 valence electrons. The van der Waals surface area contributed by atoms with Crippen LogP contribution in [0.15, 0.2) is 6.20 Å². The van der Waals surface area contributed by atoms with E-state index >= 15 is 0 Å². The lowest BCUT2D eigenvalue weighted by Gasteiger charge is -2.03. The average molecular weight is 149 g/mol. The molecule has 0 saturated carbocycles. The van der Waals surface area contributed by atoms with Crippen LogP contribution in [-0.4, -0.2) is 4.98 Å². The molecule has 11 heavy (non-hydrogen) atoms. The first-order valence-electron chi connectivity index (χ1n) is 4.48. The van der Waals surface area contributed by atoms with Gasteiger partial charge in [-0.3, -0.25) is 0 Å². The van der Waals surface area contributed by atoms with E-state index < -0.39 is 0 Å². The highest BCUT2D eigenvalue weighted by molar-refractivity contribution is 5.36. The topological polar surface area (TPSA) is 15.8 Å². The van der Waals surface area contributed by atoms with E-state index in [2.05, 4.69) is 25.0 Å². The molecule has 1 heterocycles. The van der Waals surface area contributed by atoms with Gasteiger partial charge in [0.05, 0.1) is 0 Å². The molecule has 1 aliphatic carbocycles. The van der Waals surface area contributed by atoms with Crippen molar-refractivity contribution in [3.05, 3.63) is 23.0 Å². The molecule has 0 atom stereocenters. The van der Waals surface area contributed by atoms with Crippen LogP contribution in [-0.2, 0) is 12.8 Å². The smallest absolute Gasteiger partial charge is 0.0208 e. The Balaban J connectivity index is 2.42. The quantitative estimate of drug-likeness (QED) is 0.631. The van der Waals surface area contributed by atoms with Crippen molar-refractivity contribution in [3.63, 3.8) is 0 Å². The molecule has 1 nitrogen and oxygen atoms in total. The fourth-order valence-corrected chi connectivity index (χ4v) is 2.00. The molecule has 1 aromatic rings. The summed E-state index contributed by atoms with van der Waals surface area (Å²) in [5.41, 5.74) is 4.64. The van der Waals surface area contributed by atoms with Crippen LogP contribution in [0.3, 0.4) is 0 Å². The van der Waals surface area contributed by atoms with Crippen LogP contribution in [0, 0.1) is 0 Å². The second kappa shape index (κ2) is 2.40. The van der Waals surface area contributed by atoms with E-state index in [0.29, 0.717) is 5.92 Å². The van der Waals surface area contributed by atoms with Gasteiger partial charge in [-0.15, -0.1) is 0 Å². The molecule has 0 aliphatic heterocycles. The van der Waals surface area contributed by atoms with E-state index in [1.165, 1.54) is 25.0 Å². The third-order valence-electron chi connectivity index (χ3n) is 2.56. The summed E-state index contributed by atoms with van der Waals surface area (Å²) in [6.45, 7) is 4.51. The van der Waals surface area contributed by atoms with Crippen molar-refractivity contribution in [2.75, 3.05) is 0 Å². The lowest BCUT2D eigenvalue weighted by molar-refractivity contribution is 0.802. The average Bonchev–Trinajstić information content (AvgIpc) is 2.41. The lowest BCUT2D eigenvalue weighted by atomic mass is 10.0. The van der Waals surface area contributed by atoms with Crippen molar-refractivity contribution in [3.8, 4) is 0 Å². The highest BCUT2D eigenvalue weighted by Gasteiger charge is 2.17. The fraction of sp³-hybridized carbons (Fsp3) is 0.600. The summed E-state index contributed by atoms with van der Waals surface area (Å²) >= 11 is 0. The SMILES string of the molecule is CC(C)c1[nH]cc2c1CCC2. The maximum atomic E-state index is 3.38. The molecule has 0 aromatic carbocycles. The number of aryl methyl sites for hydroxylation is 1. The van der Waals surface area contributed by atoms with E-state index in [9.17, 15) is 0 Å². The molecule has 1 aromatic heterocycles. The van der Waals surface area contributed by atoms with Gasteiger partial charge in [0.25, 0.3) is 0 Å². The van der Waals surface area contributed by atoms with Crippen LogP contribution in [0.1, 0.15) is 43.0 Å². The standard InChI is InChI=1S/C10H15N/c1-7(2)10-9-5-3-4-8(9)6-11-10/h6-7,11H,3-5H2,1-2H3. The van der Waals surface area contributed by atoms with Gasteiger partial charge in [-0.2, -0.15) is 0 Å². The van der Waals surface area contributed by atoms with Crippen molar-refractivity contribution in [2.24, 2.45) is 0 Å². The number of nitrogens with one attached hydrogen (secondary N) is 1. The molecule has 0 radical (unpaired) electrons. The van der Waals surface area contributed by atoms with Crippen molar-refractivity contribution in [1.82, 2.24) is 4.98 Å². The Kier molecular flexibility index (Phi) is 1.52. The van der Waals surface area contributed by atoms with Gasteiger partial charge in [-0.1, -0.05) is 13.8 Å². The van der Waals surface area contributed by atoms with Crippen LogP contribution in [0.4, 0.5) is 0 Å². The largest absolute Gasteiger partial charge is 0.364 e. The Morgan fingerprint density at radius 2 is 2.18 bits per heavy atom. The van der Waals surface area contributed by atoms with Crippen molar-refractivity contribution in [1.29, 1.82) is 0 Å². The van der Waals surface area contributed by atoms with E-state index in [0.717, 1.165) is 0 Å². The Hall–Kier alpha value is -0.720. The highest BCUT2D eigenvalue weighted by Crippen LogP contribution is 2.28. The third-order valence-corrected chi connectivity index (χ3v) is 2.56. The zero-order valence-electron chi connectivity index (χ0n) is 7.28. The zero-order chi connectivity index (χ0) is 7.84. The molecule has 0 saturated heterocycles. The molecule has 0 spiro atoms. The number of fused-ring (bicyclic) bond motifs is 1. The predicted octanol–water partition coefficient (Wildman–Crippen LogP) is 2.63. The van der Waals surface area contributed by atoms with Gasteiger partial charge in [-0.05, 0) is 36.3 Å². The minimum Gasteiger partial charge on any atom is -0.364 e. The van der Waals surface area contributed by atoms with Gasteiger partial charge in [-0.25, -0.2) is 0 Å². The summed E-state index contributed by atoms with van der Waals surface area (Å²) in [6, 6.07) is 0. The number of aromatic amines is 1. The summed E-state index contributed by atoms with van der Waals surface area (Å²) < 4.78 is 0. The molecule has 0 fully saturated rings. The lowest BCUT2D eigenvalue weighted by Crippen LogP contribution is -1.91. The maximum absolute atomic E-state index is 3.38. The predicted molar refractivity (Wildman–Crippen MR) is 46.9 cm³/mol. The van der Waals surface area contributed by atoms with E-state index in [4.69, 9.17) is 0 Å². The van der Waals surface area contributed by atoms with Crippen molar-refractivity contribution < 1.29 is 0 Å². The summed E-state index contributed by atoms with van der Waals surface area (Å²) in [5.74, 6) is 0.664. The monoisotopic (exact) mass is 149 g/mol. The van der Waals surface area contributed by atoms with Gasteiger partial charge in [0.15, 0.2) is 0 Å². The number of aromatic nitrogens is 1. The number of hydrogen-bond donors (Lipinski definition) is 1. The molecule has 2 rings (SSSR count). The molecule has 0 bridgehead atoms. The summed E-state index contributed by atoms with van der Waals surface area (Å²) in [6.07, 6.45) is 6.14. The molecular weight excluding hydrogens is 134 g/mol. The Morgan fingerprint density at radius 3 is 2.91 bits per heavy atom. The molecule has 1 heteroatoms. The first-order chi connectivity index (χ1) is 5.29.